The molecule has 1 fully saturated rings. The first kappa shape index (κ1) is 12.9. The van der Waals surface area contributed by atoms with Gasteiger partial charge in [-0.3, -0.25) is 0 Å². The van der Waals surface area contributed by atoms with Gasteiger partial charge in [-0.1, -0.05) is 31.0 Å². The number of nitrogens with one attached hydrogen (secondary N) is 1. The molecule has 0 saturated heterocycles. The number of carbonyl (C=O) groups is 1. The molecule has 0 atom stereocenters. The van der Waals surface area contributed by atoms with E-state index in [1.165, 1.54) is 0 Å². The summed E-state index contributed by atoms with van der Waals surface area (Å²) in [5, 5.41) is 3.43. The lowest BCUT2D eigenvalue weighted by Crippen LogP contribution is -2.45. The molecule has 98 valence electrons. The molecule has 1 aromatic carbocycles. The molecule has 0 heterocycles. The minimum atomic E-state index is -0.512. The van der Waals surface area contributed by atoms with E-state index in [-0.39, 0.29) is 5.97 Å². The lowest BCUT2D eigenvalue weighted by molar-refractivity contribution is -0.148. The normalized spacial score (nSPS) is 17.4. The number of hydrogen-bond acceptors (Lipinski definition) is 3. The van der Waals surface area contributed by atoms with Crippen LogP contribution >= 0.6 is 0 Å². The Balaban J connectivity index is 2.21. The number of para-hydroxylation sites is 1. The van der Waals surface area contributed by atoms with Crippen molar-refractivity contribution in [2.75, 3.05) is 11.9 Å². The van der Waals surface area contributed by atoms with E-state index in [1.807, 2.05) is 25.1 Å². The second kappa shape index (κ2) is 5.42. The van der Waals surface area contributed by atoms with Crippen LogP contribution < -0.4 is 5.32 Å². The molecule has 0 radical (unpaired) electrons. The van der Waals surface area contributed by atoms with E-state index in [1.54, 1.807) is 0 Å². The zero-order valence-electron chi connectivity index (χ0n) is 11.2. The van der Waals surface area contributed by atoms with Crippen LogP contribution in [0.25, 0.3) is 0 Å². The van der Waals surface area contributed by atoms with Crippen molar-refractivity contribution in [2.45, 2.75) is 45.1 Å². The van der Waals surface area contributed by atoms with Crippen molar-refractivity contribution in [2.24, 2.45) is 0 Å². The van der Waals surface area contributed by atoms with Gasteiger partial charge in [0.15, 0.2) is 0 Å². The third-order valence-electron chi connectivity index (χ3n) is 3.64. The Morgan fingerprint density at radius 2 is 2.00 bits per heavy atom. The molecule has 3 heteroatoms. The van der Waals surface area contributed by atoms with E-state index in [4.69, 9.17) is 4.74 Å². The van der Waals surface area contributed by atoms with Crippen LogP contribution in [0.15, 0.2) is 24.3 Å². The molecule has 0 bridgehead atoms. The molecule has 0 aromatic heterocycles. The second-order valence-electron chi connectivity index (χ2n) is 4.95. The molecule has 1 aliphatic carbocycles. The molecule has 1 N–H and O–H groups in total. The predicted octanol–water partition coefficient (Wildman–Crippen LogP) is 3.28. The molecule has 0 spiro atoms. The maximum Gasteiger partial charge on any atom is 0.331 e. The number of hydrogen-bond donors (Lipinski definition) is 1. The zero-order valence-corrected chi connectivity index (χ0v) is 11.2. The third-order valence-corrected chi connectivity index (χ3v) is 3.64. The molecule has 0 amide bonds. The molecule has 2 rings (SSSR count). The lowest BCUT2D eigenvalue weighted by Gasteiger charge is -2.29. The molecule has 1 aromatic rings. The number of ether oxygens (including phenoxy) is 1. The fourth-order valence-corrected chi connectivity index (χ4v) is 2.60. The van der Waals surface area contributed by atoms with Gasteiger partial charge in [0.05, 0.1) is 6.61 Å². The van der Waals surface area contributed by atoms with Crippen LogP contribution in [0.3, 0.4) is 0 Å². The quantitative estimate of drug-likeness (QED) is 0.830. The van der Waals surface area contributed by atoms with Crippen molar-refractivity contribution >= 4 is 11.7 Å². The topological polar surface area (TPSA) is 38.3 Å². The van der Waals surface area contributed by atoms with Gasteiger partial charge in [-0.25, -0.2) is 4.79 Å². The van der Waals surface area contributed by atoms with Crippen molar-refractivity contribution in [3.8, 4) is 0 Å². The average molecular weight is 247 g/mol. The largest absolute Gasteiger partial charge is 0.464 e. The van der Waals surface area contributed by atoms with Crippen LogP contribution in [-0.2, 0) is 9.53 Å². The summed E-state index contributed by atoms with van der Waals surface area (Å²) in [6, 6.07) is 8.07. The monoisotopic (exact) mass is 247 g/mol. The van der Waals surface area contributed by atoms with Gasteiger partial charge in [0.1, 0.15) is 5.54 Å². The van der Waals surface area contributed by atoms with Crippen molar-refractivity contribution in [1.29, 1.82) is 0 Å². The molecular formula is C15H21NO2. The highest BCUT2D eigenvalue weighted by Gasteiger charge is 2.42. The summed E-state index contributed by atoms with van der Waals surface area (Å²) in [6.07, 6.45) is 3.88. The van der Waals surface area contributed by atoms with Gasteiger partial charge in [0.2, 0.25) is 0 Å². The fraction of sp³-hybridized carbons (Fsp3) is 0.533. The molecule has 0 unspecified atom stereocenters. The molecular weight excluding hydrogens is 226 g/mol. The third kappa shape index (κ3) is 2.50. The van der Waals surface area contributed by atoms with Crippen LogP contribution in [-0.4, -0.2) is 18.1 Å². The minimum Gasteiger partial charge on any atom is -0.464 e. The van der Waals surface area contributed by atoms with E-state index >= 15 is 0 Å². The Morgan fingerprint density at radius 1 is 1.33 bits per heavy atom. The number of benzene rings is 1. The Labute approximate surface area is 109 Å². The van der Waals surface area contributed by atoms with Gasteiger partial charge in [-0.15, -0.1) is 0 Å². The van der Waals surface area contributed by atoms with E-state index in [0.29, 0.717) is 6.61 Å². The summed E-state index contributed by atoms with van der Waals surface area (Å²) in [5.74, 6) is -0.106. The van der Waals surface area contributed by atoms with E-state index in [2.05, 4.69) is 18.3 Å². The maximum absolute atomic E-state index is 12.2. The molecule has 1 aliphatic rings. The highest BCUT2D eigenvalue weighted by Crippen LogP contribution is 2.35. The second-order valence-corrected chi connectivity index (χ2v) is 4.95. The Morgan fingerprint density at radius 3 is 2.61 bits per heavy atom. The average Bonchev–Trinajstić information content (AvgIpc) is 2.82. The SMILES string of the molecule is CCOC(=O)C1(Nc2ccccc2C)CCCC1. The maximum atomic E-state index is 12.2. The number of esters is 1. The van der Waals surface area contributed by atoms with Gasteiger partial charge in [0, 0.05) is 5.69 Å². The Bertz CT molecular complexity index is 422. The van der Waals surface area contributed by atoms with Crippen molar-refractivity contribution in [3.05, 3.63) is 29.8 Å². The van der Waals surface area contributed by atoms with Crippen LogP contribution in [0.1, 0.15) is 38.2 Å². The summed E-state index contributed by atoms with van der Waals surface area (Å²) < 4.78 is 5.24. The smallest absolute Gasteiger partial charge is 0.331 e. The zero-order chi connectivity index (χ0) is 13.0. The number of rotatable bonds is 4. The predicted molar refractivity (Wildman–Crippen MR) is 72.6 cm³/mol. The van der Waals surface area contributed by atoms with Gasteiger partial charge in [-0.05, 0) is 38.3 Å². The van der Waals surface area contributed by atoms with Gasteiger partial charge < -0.3 is 10.1 Å². The summed E-state index contributed by atoms with van der Waals surface area (Å²) in [4.78, 5) is 12.2. The van der Waals surface area contributed by atoms with Crippen LogP contribution in [0.5, 0.6) is 0 Å². The highest BCUT2D eigenvalue weighted by molar-refractivity contribution is 5.85. The van der Waals surface area contributed by atoms with Crippen molar-refractivity contribution in [1.82, 2.24) is 0 Å². The fourth-order valence-electron chi connectivity index (χ4n) is 2.60. The summed E-state index contributed by atoms with van der Waals surface area (Å²) in [6.45, 7) is 4.35. The number of carbonyl (C=O) groups excluding carboxylic acids is 1. The lowest BCUT2D eigenvalue weighted by atomic mass is 9.96. The van der Waals surface area contributed by atoms with Crippen LogP contribution in [0, 0.1) is 6.92 Å². The first-order chi connectivity index (χ1) is 8.68. The number of anilines is 1. The van der Waals surface area contributed by atoms with Crippen LogP contribution in [0.2, 0.25) is 0 Å². The van der Waals surface area contributed by atoms with E-state index < -0.39 is 5.54 Å². The standard InChI is InChI=1S/C15H21NO2/c1-3-18-14(17)15(10-6-7-11-15)16-13-9-5-4-8-12(13)2/h4-5,8-9,16H,3,6-7,10-11H2,1-2H3. The molecule has 1 saturated carbocycles. The van der Waals surface area contributed by atoms with E-state index in [9.17, 15) is 4.79 Å². The molecule has 0 aliphatic heterocycles. The first-order valence-corrected chi connectivity index (χ1v) is 6.69. The van der Waals surface area contributed by atoms with Gasteiger partial charge >= 0.3 is 5.97 Å². The summed E-state index contributed by atoms with van der Waals surface area (Å²) in [5.41, 5.74) is 1.68. The van der Waals surface area contributed by atoms with Crippen molar-refractivity contribution in [3.63, 3.8) is 0 Å². The summed E-state index contributed by atoms with van der Waals surface area (Å²) in [7, 11) is 0. The Kier molecular flexibility index (Phi) is 3.90. The summed E-state index contributed by atoms with van der Waals surface area (Å²) >= 11 is 0. The highest BCUT2D eigenvalue weighted by atomic mass is 16.5. The van der Waals surface area contributed by atoms with Crippen LogP contribution in [0.4, 0.5) is 5.69 Å². The minimum absolute atomic E-state index is 0.106. The van der Waals surface area contributed by atoms with Gasteiger partial charge in [-0.2, -0.15) is 0 Å². The van der Waals surface area contributed by atoms with E-state index in [0.717, 1.165) is 36.9 Å². The molecule has 3 nitrogen and oxygen atoms in total. The van der Waals surface area contributed by atoms with Crippen molar-refractivity contribution < 1.29 is 9.53 Å². The molecule has 18 heavy (non-hydrogen) atoms. The van der Waals surface area contributed by atoms with Gasteiger partial charge in [0.25, 0.3) is 0 Å². The Hall–Kier alpha value is -1.51. The number of aryl methyl sites for hydroxylation is 1. The first-order valence-electron chi connectivity index (χ1n) is 6.69.